The molecule has 1 aliphatic heterocycles. The zero-order chi connectivity index (χ0) is 14.0. The average Bonchev–Trinajstić information content (AvgIpc) is 2.98. The van der Waals surface area contributed by atoms with E-state index in [1.54, 1.807) is 0 Å². The van der Waals surface area contributed by atoms with Crippen LogP contribution in [0.4, 0.5) is 0 Å². The van der Waals surface area contributed by atoms with Crippen LogP contribution in [0.5, 0.6) is 0 Å². The number of nitrogens with two attached hydrogens (primary N) is 1. The molecule has 0 radical (unpaired) electrons. The third kappa shape index (κ3) is 5.81. The summed E-state index contributed by atoms with van der Waals surface area (Å²) in [6.45, 7) is 4.67. The Bertz CT molecular complexity index is 363. The second kappa shape index (κ2) is 9.37. The van der Waals surface area contributed by atoms with Crippen LogP contribution in [0.1, 0.15) is 17.5 Å². The molecule has 2 rings (SSSR count). The highest BCUT2D eigenvalue weighted by Gasteiger charge is 2.13. The van der Waals surface area contributed by atoms with E-state index in [1.807, 2.05) is 11.8 Å². The molecule has 1 aromatic carbocycles. The van der Waals surface area contributed by atoms with Crippen molar-refractivity contribution in [3.8, 4) is 0 Å². The Balaban J connectivity index is 1.63. The van der Waals surface area contributed by atoms with Crippen LogP contribution >= 0.6 is 11.8 Å². The molecule has 1 saturated heterocycles. The summed E-state index contributed by atoms with van der Waals surface area (Å²) in [5.41, 5.74) is 8.15. The van der Waals surface area contributed by atoms with Gasteiger partial charge in [-0.1, -0.05) is 24.3 Å². The fourth-order valence-electron chi connectivity index (χ4n) is 2.19. The van der Waals surface area contributed by atoms with Crippen molar-refractivity contribution in [1.29, 1.82) is 0 Å². The molecule has 0 spiro atoms. The number of thioether (sulfide) groups is 1. The molecule has 5 N–H and O–H groups in total. The first-order chi connectivity index (χ1) is 9.88. The number of nitrogens with one attached hydrogen (secondary N) is 3. The summed E-state index contributed by atoms with van der Waals surface area (Å²) in [5.74, 6) is 2.32. The van der Waals surface area contributed by atoms with Crippen molar-refractivity contribution in [2.75, 3.05) is 31.3 Å². The van der Waals surface area contributed by atoms with Crippen LogP contribution in [0.2, 0.25) is 0 Å². The second-order valence-electron chi connectivity index (χ2n) is 5.18. The maximum absolute atomic E-state index is 5.47. The Labute approximate surface area is 126 Å². The van der Waals surface area contributed by atoms with E-state index in [1.165, 1.54) is 16.9 Å². The lowest BCUT2D eigenvalue weighted by Crippen LogP contribution is -2.35. The van der Waals surface area contributed by atoms with Crippen molar-refractivity contribution < 1.29 is 0 Å². The maximum Gasteiger partial charge on any atom is 0.0421 e. The molecule has 0 aromatic heterocycles. The first-order valence-electron chi connectivity index (χ1n) is 7.39. The van der Waals surface area contributed by atoms with Crippen molar-refractivity contribution in [2.24, 2.45) is 5.73 Å². The van der Waals surface area contributed by atoms with E-state index in [4.69, 9.17) is 5.73 Å². The van der Waals surface area contributed by atoms with Gasteiger partial charge in [-0.2, -0.15) is 0 Å². The summed E-state index contributed by atoms with van der Waals surface area (Å²) >= 11 is 1.98. The maximum atomic E-state index is 5.47. The normalized spacial score (nSPS) is 18.6. The van der Waals surface area contributed by atoms with Crippen molar-refractivity contribution in [2.45, 2.75) is 25.6 Å². The van der Waals surface area contributed by atoms with E-state index in [2.05, 4.69) is 40.2 Å². The van der Waals surface area contributed by atoms with E-state index in [0.29, 0.717) is 6.04 Å². The minimum absolute atomic E-state index is 0.631. The molecule has 112 valence electrons. The largest absolute Gasteiger partial charge is 0.330 e. The van der Waals surface area contributed by atoms with Crippen molar-refractivity contribution in [1.82, 2.24) is 16.0 Å². The lowest BCUT2D eigenvalue weighted by molar-refractivity contribution is 0.555. The molecular weight excluding hydrogens is 268 g/mol. The van der Waals surface area contributed by atoms with E-state index < -0.39 is 0 Å². The van der Waals surface area contributed by atoms with Gasteiger partial charge in [0.05, 0.1) is 0 Å². The predicted octanol–water partition coefficient (Wildman–Crippen LogP) is 0.877. The zero-order valence-corrected chi connectivity index (χ0v) is 12.8. The Kier molecular flexibility index (Phi) is 7.39. The van der Waals surface area contributed by atoms with Crippen LogP contribution < -0.4 is 21.7 Å². The number of benzene rings is 1. The Morgan fingerprint density at radius 2 is 1.85 bits per heavy atom. The minimum atomic E-state index is 0.631. The highest BCUT2D eigenvalue weighted by Crippen LogP contribution is 2.09. The smallest absolute Gasteiger partial charge is 0.0421 e. The average molecular weight is 294 g/mol. The van der Waals surface area contributed by atoms with Crippen LogP contribution in [0.15, 0.2) is 24.3 Å². The summed E-state index contributed by atoms with van der Waals surface area (Å²) in [6.07, 6.45) is 1.04. The number of hydrogen-bond donors (Lipinski definition) is 4. The summed E-state index contributed by atoms with van der Waals surface area (Å²) in [6, 6.07) is 9.46. The molecule has 4 nitrogen and oxygen atoms in total. The molecule has 1 unspecified atom stereocenters. The Hall–Kier alpha value is -0.590. The van der Waals surface area contributed by atoms with E-state index in [9.17, 15) is 0 Å². The molecule has 1 aromatic rings. The van der Waals surface area contributed by atoms with E-state index in [-0.39, 0.29) is 0 Å². The van der Waals surface area contributed by atoms with Gasteiger partial charge in [0.2, 0.25) is 0 Å². The Morgan fingerprint density at radius 3 is 2.45 bits per heavy atom. The lowest BCUT2D eigenvalue weighted by atomic mass is 10.1. The lowest BCUT2D eigenvalue weighted by Gasteiger charge is -2.11. The molecule has 0 amide bonds. The van der Waals surface area contributed by atoms with Gasteiger partial charge in [0.15, 0.2) is 0 Å². The van der Waals surface area contributed by atoms with Crippen LogP contribution in [0.25, 0.3) is 0 Å². The molecule has 0 bridgehead atoms. The van der Waals surface area contributed by atoms with Gasteiger partial charge in [-0.05, 0) is 30.6 Å². The molecular formula is C15H26N4S. The van der Waals surface area contributed by atoms with E-state index >= 15 is 0 Å². The molecule has 0 saturated carbocycles. The van der Waals surface area contributed by atoms with Gasteiger partial charge in [0.25, 0.3) is 0 Å². The quantitative estimate of drug-likeness (QED) is 0.509. The predicted molar refractivity (Wildman–Crippen MR) is 87.8 cm³/mol. The topological polar surface area (TPSA) is 62.1 Å². The van der Waals surface area contributed by atoms with Crippen LogP contribution in [-0.4, -0.2) is 37.3 Å². The fourth-order valence-corrected chi connectivity index (χ4v) is 3.19. The van der Waals surface area contributed by atoms with Gasteiger partial charge in [0.1, 0.15) is 0 Å². The molecule has 1 atom stereocenters. The van der Waals surface area contributed by atoms with Gasteiger partial charge < -0.3 is 21.7 Å². The molecule has 1 fully saturated rings. The molecule has 20 heavy (non-hydrogen) atoms. The van der Waals surface area contributed by atoms with Gasteiger partial charge in [-0.3, -0.25) is 0 Å². The molecule has 1 aliphatic rings. The van der Waals surface area contributed by atoms with Gasteiger partial charge in [-0.15, -0.1) is 11.8 Å². The summed E-state index contributed by atoms with van der Waals surface area (Å²) in [5, 5.41) is 10.4. The minimum Gasteiger partial charge on any atom is -0.330 e. The third-order valence-electron chi connectivity index (χ3n) is 3.42. The summed E-state index contributed by atoms with van der Waals surface area (Å²) in [7, 11) is 0. The van der Waals surface area contributed by atoms with Crippen molar-refractivity contribution in [3.63, 3.8) is 0 Å². The standard InChI is InChI=1S/C15H26N4S/c16-6-1-7-17-8-13-2-4-14(5-3-13)9-18-10-15-11-20-12-19-15/h2-5,15,17-19H,1,6-12,16H2. The summed E-state index contributed by atoms with van der Waals surface area (Å²) < 4.78 is 0. The highest BCUT2D eigenvalue weighted by molar-refractivity contribution is 7.99. The van der Waals surface area contributed by atoms with Crippen LogP contribution in [0.3, 0.4) is 0 Å². The fraction of sp³-hybridized carbons (Fsp3) is 0.600. The molecule has 5 heteroatoms. The van der Waals surface area contributed by atoms with E-state index in [0.717, 1.165) is 45.0 Å². The number of hydrogen-bond acceptors (Lipinski definition) is 5. The zero-order valence-electron chi connectivity index (χ0n) is 12.0. The number of rotatable bonds is 9. The second-order valence-corrected chi connectivity index (χ2v) is 6.21. The van der Waals surface area contributed by atoms with Crippen molar-refractivity contribution >= 4 is 11.8 Å². The monoisotopic (exact) mass is 294 g/mol. The SMILES string of the molecule is NCCCNCc1ccc(CNCC2CSCN2)cc1. The Morgan fingerprint density at radius 1 is 1.15 bits per heavy atom. The van der Waals surface area contributed by atoms with Crippen LogP contribution in [0, 0.1) is 0 Å². The van der Waals surface area contributed by atoms with Gasteiger partial charge >= 0.3 is 0 Å². The molecule has 0 aliphatic carbocycles. The summed E-state index contributed by atoms with van der Waals surface area (Å²) in [4.78, 5) is 0. The molecule has 1 heterocycles. The first kappa shape index (κ1) is 15.8. The highest BCUT2D eigenvalue weighted by atomic mass is 32.2. The van der Waals surface area contributed by atoms with Gasteiger partial charge in [-0.25, -0.2) is 0 Å². The van der Waals surface area contributed by atoms with Gasteiger partial charge in [0, 0.05) is 37.3 Å². The van der Waals surface area contributed by atoms with Crippen molar-refractivity contribution in [3.05, 3.63) is 35.4 Å². The first-order valence-corrected chi connectivity index (χ1v) is 8.54. The van der Waals surface area contributed by atoms with Crippen LogP contribution in [-0.2, 0) is 13.1 Å². The third-order valence-corrected chi connectivity index (χ3v) is 4.43.